The number of allylic oxidation sites excluding steroid dienone is 1. The van der Waals surface area contributed by atoms with Crippen LogP contribution in [0.2, 0.25) is 38.3 Å². The molecule has 4 saturated carbocycles. The van der Waals surface area contributed by atoms with Crippen LogP contribution in [0.15, 0.2) is 66.2 Å². The van der Waals surface area contributed by atoms with E-state index in [0.717, 1.165) is 59.2 Å². The maximum absolute atomic E-state index is 2.82. The molecule has 0 aromatic heterocycles. The average molecular weight is 751 g/mol. The third-order valence-electron chi connectivity index (χ3n) is 22.3. The third-order valence-corrected chi connectivity index (χ3v) is 29.0. The second kappa shape index (κ2) is 7.38. The molecule has 0 heterocycles. The summed E-state index contributed by atoms with van der Waals surface area (Å²) in [5.74, 6) is 8.38. The van der Waals surface area contributed by atoms with Crippen LogP contribution in [0.1, 0.15) is 106 Å². The van der Waals surface area contributed by atoms with Gasteiger partial charge in [-0.25, -0.2) is 0 Å². The highest BCUT2D eigenvalue weighted by molar-refractivity contribution is 6.90. The molecule has 270 valence electrons. The molecule has 0 saturated heterocycles. The number of hydrogen-bond acceptors (Lipinski definition) is 0. The van der Waals surface area contributed by atoms with E-state index in [1.807, 2.05) is 93.2 Å². The summed E-state index contributed by atoms with van der Waals surface area (Å²) < 4.78 is 0. The van der Waals surface area contributed by atoms with Crippen LogP contribution in [0.25, 0.3) is 38.3 Å². The van der Waals surface area contributed by atoms with Gasteiger partial charge in [0.2, 0.25) is 0 Å². The number of rotatable bonds is 6. The summed E-state index contributed by atoms with van der Waals surface area (Å²) in [5, 5.41) is 14.7. The molecule has 5 aromatic rings. The van der Waals surface area contributed by atoms with Crippen LogP contribution >= 0.6 is 0 Å². The molecule has 14 aliphatic carbocycles. The normalized spacial score (nSPS) is 43.2. The van der Waals surface area contributed by atoms with Gasteiger partial charge in [0.15, 0.2) is 0 Å². The Morgan fingerprint density at radius 3 is 2.09 bits per heavy atom. The van der Waals surface area contributed by atoms with E-state index in [0.29, 0.717) is 16.2 Å². The average Bonchev–Trinajstić information content (AvgIpc) is 4.01. The lowest BCUT2D eigenvalue weighted by molar-refractivity contribution is -0.0413. The van der Waals surface area contributed by atoms with Crippen molar-refractivity contribution >= 4 is 64.8 Å². The van der Waals surface area contributed by atoms with Crippen molar-refractivity contribution in [2.45, 2.75) is 105 Å². The fourth-order valence-corrected chi connectivity index (χ4v) is 29.1. The Labute approximate surface area is 330 Å². The van der Waals surface area contributed by atoms with Gasteiger partial charge in [0.25, 0.3) is 0 Å². The number of hydrogen-bond donors (Lipinski definition) is 0. The molecule has 19 rings (SSSR count). The van der Waals surface area contributed by atoms with Crippen molar-refractivity contribution in [3.63, 3.8) is 0 Å². The molecule has 0 bridgehead atoms. The van der Waals surface area contributed by atoms with Crippen LogP contribution in [0.4, 0.5) is 0 Å². The minimum absolute atomic E-state index is 0.354. The highest BCUT2D eigenvalue weighted by atomic mass is 28.3. The minimum atomic E-state index is -1.85. The number of fused-ring (bicyclic) bond motifs is 7. The first kappa shape index (κ1) is 28.0. The minimum Gasteiger partial charge on any atom is -0.0654 e. The Bertz CT molecular complexity index is 3250. The quantitative estimate of drug-likeness (QED) is 0.118. The first-order valence-corrected chi connectivity index (χ1v) is 29.5. The van der Waals surface area contributed by atoms with Gasteiger partial charge in [0.05, 0.1) is 16.1 Å². The van der Waals surface area contributed by atoms with Gasteiger partial charge in [0, 0.05) is 16.7 Å². The fourth-order valence-electron chi connectivity index (χ4n) is 22.3. The van der Waals surface area contributed by atoms with Crippen molar-refractivity contribution in [2.24, 2.45) is 40.4 Å². The van der Waals surface area contributed by atoms with Crippen LogP contribution in [-0.2, 0) is 5.41 Å². The van der Waals surface area contributed by atoms with Crippen molar-refractivity contribution in [3.05, 3.63) is 121 Å². The zero-order valence-electron chi connectivity index (χ0n) is 33.0. The zero-order chi connectivity index (χ0) is 35.8. The predicted molar refractivity (Wildman–Crippen MR) is 231 cm³/mol. The van der Waals surface area contributed by atoms with Gasteiger partial charge < -0.3 is 0 Å². The molecule has 0 N–H and O–H groups in total. The van der Waals surface area contributed by atoms with Crippen LogP contribution in [0.5, 0.6) is 0 Å². The van der Waals surface area contributed by atoms with Crippen molar-refractivity contribution in [3.8, 4) is 0 Å². The van der Waals surface area contributed by atoms with Gasteiger partial charge in [-0.2, -0.15) is 0 Å². The summed E-state index contributed by atoms with van der Waals surface area (Å²) in [6, 6.07) is 27.3. The highest BCUT2D eigenvalue weighted by Gasteiger charge is 3.02. The van der Waals surface area contributed by atoms with E-state index in [4.69, 9.17) is 0 Å². The van der Waals surface area contributed by atoms with Gasteiger partial charge in [-0.15, -0.1) is 0 Å². The van der Waals surface area contributed by atoms with Crippen molar-refractivity contribution in [2.75, 3.05) is 0 Å². The van der Waals surface area contributed by atoms with Crippen LogP contribution < -0.4 is 20.8 Å². The fraction of sp³-hybridized carbons (Fsp3) is 0.444. The Morgan fingerprint density at radius 1 is 0.607 bits per heavy atom. The molecule has 56 heavy (non-hydrogen) atoms. The van der Waals surface area contributed by atoms with Gasteiger partial charge in [-0.05, 0) is 185 Å². The number of benzene rings is 5. The van der Waals surface area contributed by atoms with E-state index in [9.17, 15) is 0 Å². The molecular weight excluding hydrogens is 705 g/mol. The molecular formula is C54H46Si2. The zero-order valence-corrected chi connectivity index (χ0v) is 35.0. The van der Waals surface area contributed by atoms with Crippen molar-refractivity contribution in [1.29, 1.82) is 0 Å². The Hall–Kier alpha value is -3.47. The van der Waals surface area contributed by atoms with Crippen LogP contribution in [-0.4, -0.2) is 16.1 Å². The maximum atomic E-state index is 2.82. The molecule has 13 unspecified atom stereocenters. The molecule has 0 nitrogen and oxygen atoms in total. The summed E-state index contributed by atoms with van der Waals surface area (Å²) in [4.78, 5) is 0. The summed E-state index contributed by atoms with van der Waals surface area (Å²) in [6.45, 7) is 11.3. The topological polar surface area (TPSA) is 0 Å². The van der Waals surface area contributed by atoms with E-state index >= 15 is 0 Å². The van der Waals surface area contributed by atoms with Gasteiger partial charge in [-0.1, -0.05) is 114 Å². The second-order valence-electron chi connectivity index (χ2n) is 23.8. The molecule has 5 aromatic carbocycles. The first-order chi connectivity index (χ1) is 27.3. The Balaban J connectivity index is 1.03. The largest absolute Gasteiger partial charge is 0.0815 e. The van der Waals surface area contributed by atoms with Gasteiger partial charge in [-0.3, -0.25) is 0 Å². The lowest BCUT2D eigenvalue weighted by Crippen LogP contribution is -2.66. The summed E-state index contributed by atoms with van der Waals surface area (Å²) in [5.41, 5.74) is 24.9. The highest BCUT2D eigenvalue weighted by Crippen LogP contribution is 3.05. The van der Waals surface area contributed by atoms with E-state index in [1.54, 1.807) is 10.4 Å². The van der Waals surface area contributed by atoms with Crippen molar-refractivity contribution < 1.29 is 0 Å². The lowest BCUT2D eigenvalue weighted by atomic mass is 9.42. The molecule has 4 fully saturated rings. The predicted octanol–water partition coefficient (Wildman–Crippen LogP) is 9.48. The SMILES string of the molecule is C[Si](C)(CC12C3=C4c5c6c7c8c9c%10c%11c%12c%13c%14c(c4c%12c59)C14C1C=%14CC=%13C%11CC%10C8CC7C5CCC(C3C65)C2C14C[Si](C)(C)c1ccccc1)c1ccccc1. The summed E-state index contributed by atoms with van der Waals surface area (Å²) >= 11 is 0. The van der Waals surface area contributed by atoms with Gasteiger partial charge >= 0.3 is 0 Å². The Morgan fingerprint density at radius 2 is 1.30 bits per heavy atom. The van der Waals surface area contributed by atoms with Crippen molar-refractivity contribution in [1.82, 2.24) is 0 Å². The maximum Gasteiger partial charge on any atom is 0.0815 e. The van der Waals surface area contributed by atoms with E-state index < -0.39 is 16.1 Å². The molecule has 13 atom stereocenters. The summed E-state index contributed by atoms with van der Waals surface area (Å²) in [7, 11) is -3.63. The lowest BCUT2D eigenvalue weighted by Gasteiger charge is -2.65. The molecule has 0 amide bonds. The van der Waals surface area contributed by atoms with E-state index in [-0.39, 0.29) is 0 Å². The van der Waals surface area contributed by atoms with Crippen LogP contribution in [0.3, 0.4) is 0 Å². The molecule has 0 aliphatic heterocycles. The van der Waals surface area contributed by atoms with Gasteiger partial charge in [0.1, 0.15) is 0 Å². The molecule has 14 aliphatic rings. The molecule has 2 heteroatoms. The third kappa shape index (κ3) is 2.06. The standard InChI is InChI=1S/C54H46Si2/c1-55(2,22-11-7-5-8-12-22)20-52-48-38-25-16-15-24-26-17-27-28-18-29-30-19-31-39-37(30)42-36(29)35(28)41-34(27)33(26)40(32(24)38)44-43(41)45(42)47(46(44)48)49(39)54(52)51(31)53(54,50(25)52)21-56(3,4)23-13-9-6-10-14-23/h5-14,24-29,32,38,50-51H,15-21H2,1-4H3. The second-order valence-corrected chi connectivity index (χ2v) is 33.2. The first-order valence-electron chi connectivity index (χ1n) is 23.1. The molecule has 1 spiro atoms. The summed E-state index contributed by atoms with van der Waals surface area (Å²) in [6.07, 6.45) is 7.35. The van der Waals surface area contributed by atoms with E-state index in [1.165, 1.54) is 44.2 Å². The molecule has 0 radical (unpaired) electrons. The Kier molecular flexibility index (Phi) is 3.70. The monoisotopic (exact) mass is 750 g/mol. The van der Waals surface area contributed by atoms with E-state index in [2.05, 4.69) is 92.4 Å². The van der Waals surface area contributed by atoms with Crippen LogP contribution in [0, 0.1) is 40.4 Å². The smallest absolute Gasteiger partial charge is 0.0654 e.